The Bertz CT molecular complexity index is 3490. The molecule has 0 saturated heterocycles. The van der Waals surface area contributed by atoms with Crippen LogP contribution >= 0.6 is 0 Å². The van der Waals surface area contributed by atoms with Crippen LogP contribution in [0.5, 0.6) is 0 Å². The average molecular weight is 877 g/mol. The Morgan fingerprint density at radius 2 is 1.28 bits per heavy atom. The minimum absolute atomic E-state index is 0.0519. The van der Waals surface area contributed by atoms with Crippen LogP contribution in [0.15, 0.2) is 223 Å². The Kier molecular flexibility index (Phi) is 9.35. The van der Waals surface area contributed by atoms with Gasteiger partial charge >= 0.3 is 0 Å². The quantitative estimate of drug-likeness (QED) is 0.155. The van der Waals surface area contributed by atoms with E-state index in [-0.39, 0.29) is 5.41 Å². The van der Waals surface area contributed by atoms with Gasteiger partial charge in [-0.3, -0.25) is 0 Å². The Balaban J connectivity index is 0.978. The number of hydrogen-bond donors (Lipinski definition) is 0. The van der Waals surface area contributed by atoms with Gasteiger partial charge in [0, 0.05) is 38.8 Å². The van der Waals surface area contributed by atoms with E-state index in [2.05, 4.69) is 243 Å². The summed E-state index contributed by atoms with van der Waals surface area (Å²) in [5.41, 5.74) is 23.3. The Morgan fingerprint density at radius 3 is 2.00 bits per heavy atom. The molecule has 3 unspecified atom stereocenters. The molecule has 0 saturated carbocycles. The van der Waals surface area contributed by atoms with Crippen molar-refractivity contribution < 1.29 is 0 Å². The highest BCUT2D eigenvalue weighted by molar-refractivity contribution is 6.09. The molecule has 0 radical (unpaired) electrons. The summed E-state index contributed by atoms with van der Waals surface area (Å²) in [4.78, 5) is 2.58. The van der Waals surface area contributed by atoms with Crippen molar-refractivity contribution in [1.82, 2.24) is 4.57 Å². The molecule has 0 N–H and O–H groups in total. The molecule has 13 rings (SSSR count). The Labute approximate surface area is 401 Å². The zero-order chi connectivity index (χ0) is 45.7. The molecule has 2 heteroatoms. The maximum absolute atomic E-state index is 2.58. The maximum atomic E-state index is 2.58. The minimum atomic E-state index is -0.425. The molecule has 1 aromatic heterocycles. The first-order valence-electron chi connectivity index (χ1n) is 24.8. The van der Waals surface area contributed by atoms with Crippen molar-refractivity contribution in [2.75, 3.05) is 4.90 Å². The molecule has 0 amide bonds. The summed E-state index contributed by atoms with van der Waals surface area (Å²) in [5, 5.41) is 2.56. The van der Waals surface area contributed by atoms with Gasteiger partial charge in [-0.2, -0.15) is 0 Å². The van der Waals surface area contributed by atoms with Crippen LogP contribution in [-0.4, -0.2) is 4.57 Å². The zero-order valence-corrected chi connectivity index (χ0v) is 39.5. The average Bonchev–Trinajstić information content (AvgIpc) is 3.96. The normalized spacial score (nSPS) is 21.0. The second-order valence-corrected chi connectivity index (χ2v) is 20.5. The van der Waals surface area contributed by atoms with Crippen LogP contribution in [-0.2, 0) is 10.8 Å². The number of anilines is 3. The van der Waals surface area contributed by atoms with Gasteiger partial charge in [0.05, 0.1) is 22.1 Å². The van der Waals surface area contributed by atoms with Crippen molar-refractivity contribution in [2.45, 2.75) is 64.2 Å². The monoisotopic (exact) mass is 876 g/mol. The maximum Gasteiger partial charge on any atom is 0.0707 e. The van der Waals surface area contributed by atoms with E-state index in [0.717, 1.165) is 31.4 Å². The lowest BCUT2D eigenvalue weighted by atomic mass is 9.64. The molecule has 7 aromatic carbocycles. The fraction of sp³-hybridized carbons (Fsp3) is 0.182. The first-order valence-corrected chi connectivity index (χ1v) is 24.8. The van der Waals surface area contributed by atoms with E-state index < -0.39 is 5.41 Å². The number of para-hydroxylation sites is 2. The smallest absolute Gasteiger partial charge is 0.0707 e. The standard InChI is InChI=1S/C66H56N2/c1-43-25-32-48(33-26-43)66(47-15-6-5-7-16-47)58-40-27-44(2)41-56(58)64-59(66)21-14-24-63(64)67(51-38-39-53-52-17-8-11-20-57(52)65(3,4)60(53)42-51)49-34-28-45(29-35-49)46-30-36-50(37-31-46)68-61-22-12-9-18-54(61)55-19-10-13-23-62(55)68/h5-10,12-19,21-25,27-40,42-44H,11,20,26,41H2,1-4H3. The third-order valence-electron chi connectivity index (χ3n) is 16.1. The highest BCUT2D eigenvalue weighted by Gasteiger charge is 2.50. The molecule has 5 aliphatic rings. The van der Waals surface area contributed by atoms with Crippen molar-refractivity contribution in [2.24, 2.45) is 11.8 Å². The van der Waals surface area contributed by atoms with E-state index in [1.54, 1.807) is 5.57 Å². The van der Waals surface area contributed by atoms with Crippen molar-refractivity contribution >= 4 is 50.0 Å². The molecule has 0 bridgehead atoms. The fourth-order valence-corrected chi connectivity index (χ4v) is 12.8. The number of nitrogens with zero attached hydrogens (tertiary/aromatic N) is 2. The summed E-state index contributed by atoms with van der Waals surface area (Å²) >= 11 is 0. The van der Waals surface area contributed by atoms with Gasteiger partial charge in [-0.1, -0.05) is 185 Å². The second-order valence-electron chi connectivity index (χ2n) is 20.5. The molecular formula is C66H56N2. The van der Waals surface area contributed by atoms with E-state index in [0.29, 0.717) is 11.8 Å². The van der Waals surface area contributed by atoms with Gasteiger partial charge in [0.1, 0.15) is 0 Å². The molecule has 5 aliphatic carbocycles. The van der Waals surface area contributed by atoms with Crippen LogP contribution in [0, 0.1) is 11.8 Å². The van der Waals surface area contributed by atoms with Crippen molar-refractivity contribution in [3.63, 3.8) is 0 Å². The summed E-state index contributed by atoms with van der Waals surface area (Å²) < 4.78 is 2.39. The van der Waals surface area contributed by atoms with Crippen molar-refractivity contribution in [3.8, 4) is 16.8 Å². The minimum Gasteiger partial charge on any atom is -0.310 e. The van der Waals surface area contributed by atoms with Gasteiger partial charge in [0.2, 0.25) is 0 Å². The highest BCUT2D eigenvalue weighted by Crippen LogP contribution is 2.61. The molecule has 3 atom stereocenters. The van der Waals surface area contributed by atoms with Gasteiger partial charge < -0.3 is 9.47 Å². The van der Waals surface area contributed by atoms with Crippen LogP contribution in [0.2, 0.25) is 0 Å². The largest absolute Gasteiger partial charge is 0.310 e. The van der Waals surface area contributed by atoms with E-state index in [9.17, 15) is 0 Å². The number of rotatable bonds is 7. The first kappa shape index (κ1) is 40.8. The molecule has 1 heterocycles. The van der Waals surface area contributed by atoms with E-state index >= 15 is 0 Å². The van der Waals surface area contributed by atoms with Gasteiger partial charge in [-0.25, -0.2) is 0 Å². The van der Waals surface area contributed by atoms with Crippen molar-refractivity contribution in [1.29, 1.82) is 0 Å². The van der Waals surface area contributed by atoms with Gasteiger partial charge in [0.15, 0.2) is 0 Å². The number of allylic oxidation sites excluding steroid dienone is 12. The van der Waals surface area contributed by atoms with Crippen molar-refractivity contribution in [3.05, 3.63) is 251 Å². The predicted molar refractivity (Wildman–Crippen MR) is 287 cm³/mol. The Morgan fingerprint density at radius 1 is 0.603 bits per heavy atom. The zero-order valence-electron chi connectivity index (χ0n) is 39.5. The summed E-state index contributed by atoms with van der Waals surface area (Å²) in [6.07, 6.45) is 21.3. The molecule has 0 fully saturated rings. The lowest BCUT2D eigenvalue weighted by Gasteiger charge is -2.38. The second kappa shape index (κ2) is 15.6. The number of aromatic nitrogens is 1. The fourth-order valence-electron chi connectivity index (χ4n) is 12.8. The molecule has 330 valence electrons. The third-order valence-corrected chi connectivity index (χ3v) is 16.1. The SMILES string of the molecule is CC1C=CC(C2(c3ccccc3)C3=C(CC(C)C=C3)c3c(N(c4ccc(-c5ccc(-n6c7ccccc7c7ccccc76)cc5)cc4)c4ccc5c(c4)C(C)(C)C4=C5C=CCC4)cccc32)=CC1. The lowest BCUT2D eigenvalue weighted by molar-refractivity contribution is 0.607. The number of fused-ring (bicyclic) bond motifs is 7. The summed E-state index contributed by atoms with van der Waals surface area (Å²) in [6.45, 7) is 9.59. The third kappa shape index (κ3) is 6.02. The van der Waals surface area contributed by atoms with E-state index in [1.165, 1.54) is 100 Å². The summed E-state index contributed by atoms with van der Waals surface area (Å²) in [5.74, 6) is 0.947. The van der Waals surface area contributed by atoms with Crippen LogP contribution < -0.4 is 4.90 Å². The molecular weight excluding hydrogens is 821 g/mol. The van der Waals surface area contributed by atoms with Gasteiger partial charge in [-0.15, -0.1) is 0 Å². The van der Waals surface area contributed by atoms with Gasteiger partial charge in [0.25, 0.3) is 0 Å². The molecule has 8 aromatic rings. The van der Waals surface area contributed by atoms with Crippen LogP contribution in [0.1, 0.15) is 81.2 Å². The van der Waals surface area contributed by atoms with Crippen LogP contribution in [0.25, 0.3) is 49.8 Å². The van der Waals surface area contributed by atoms with Crippen LogP contribution in [0.3, 0.4) is 0 Å². The van der Waals surface area contributed by atoms with Crippen LogP contribution in [0.4, 0.5) is 17.1 Å². The molecule has 2 nitrogen and oxygen atoms in total. The lowest BCUT2D eigenvalue weighted by Crippen LogP contribution is -2.31. The van der Waals surface area contributed by atoms with E-state index in [1.807, 2.05) is 0 Å². The summed E-state index contributed by atoms with van der Waals surface area (Å²) in [6, 6.07) is 61.8. The highest BCUT2D eigenvalue weighted by atomic mass is 15.1. The molecule has 68 heavy (non-hydrogen) atoms. The topological polar surface area (TPSA) is 8.17 Å². The predicted octanol–water partition coefficient (Wildman–Crippen LogP) is 17.5. The van der Waals surface area contributed by atoms with Gasteiger partial charge in [-0.05, 0) is 148 Å². The molecule has 0 aliphatic heterocycles. The first-order chi connectivity index (χ1) is 33.3. The summed E-state index contributed by atoms with van der Waals surface area (Å²) in [7, 11) is 0. The van der Waals surface area contributed by atoms with E-state index in [4.69, 9.17) is 0 Å². The molecule has 0 spiro atoms. The Hall–Kier alpha value is -7.42. The number of benzene rings is 7. The number of hydrogen-bond acceptors (Lipinski definition) is 1.